The van der Waals surface area contributed by atoms with Crippen molar-refractivity contribution in [3.8, 4) is 11.3 Å². The van der Waals surface area contributed by atoms with Crippen LogP contribution in [-0.4, -0.2) is 11.3 Å². The first-order valence-electron chi connectivity index (χ1n) is 4.79. The van der Waals surface area contributed by atoms with Crippen LogP contribution >= 0.6 is 34.8 Å². The summed E-state index contributed by atoms with van der Waals surface area (Å²) in [5, 5.41) is 0.572. The van der Waals surface area contributed by atoms with E-state index < -0.39 is 5.82 Å². The summed E-state index contributed by atoms with van der Waals surface area (Å²) in [6, 6.07) is 5.32. The maximum absolute atomic E-state index is 13.7. The number of hydrogen-bond acceptors (Lipinski definition) is 2. The highest BCUT2D eigenvalue weighted by Gasteiger charge is 2.12. The highest BCUT2D eigenvalue weighted by atomic mass is 35.5. The molecule has 0 radical (unpaired) electrons. The molecule has 92 valence electrons. The Labute approximate surface area is 117 Å². The Morgan fingerprint density at radius 1 is 1.11 bits per heavy atom. The molecule has 6 heteroatoms. The first kappa shape index (κ1) is 13.3. The Morgan fingerprint density at radius 3 is 2.28 bits per heavy atom. The second-order valence-electron chi connectivity index (χ2n) is 3.44. The highest BCUT2D eigenvalue weighted by molar-refractivity contribution is 6.48. The average molecular weight is 305 g/mol. The van der Waals surface area contributed by atoms with Crippen LogP contribution in [0, 0.1) is 5.82 Å². The van der Waals surface area contributed by atoms with Crippen molar-refractivity contribution in [3.63, 3.8) is 0 Å². The molecule has 0 atom stereocenters. The molecule has 0 saturated carbocycles. The van der Waals surface area contributed by atoms with Gasteiger partial charge in [0.2, 0.25) is 0 Å². The number of aromatic nitrogens is 1. The summed E-state index contributed by atoms with van der Waals surface area (Å²) in [5.74, 6) is -0.574. The molecule has 2 nitrogen and oxygen atoms in total. The molecule has 2 rings (SSSR count). The van der Waals surface area contributed by atoms with Crippen molar-refractivity contribution in [1.82, 2.24) is 4.98 Å². The first-order chi connectivity index (χ1) is 8.52. The van der Waals surface area contributed by atoms with E-state index >= 15 is 0 Å². The Hall–Kier alpha value is -1.16. The second kappa shape index (κ2) is 5.22. The monoisotopic (exact) mass is 303 g/mol. The van der Waals surface area contributed by atoms with E-state index in [1.807, 2.05) is 0 Å². The van der Waals surface area contributed by atoms with Gasteiger partial charge in [0.05, 0.1) is 15.1 Å². The number of halogens is 4. The number of hydrogen-bond donors (Lipinski definition) is 0. The molecule has 0 aliphatic carbocycles. The van der Waals surface area contributed by atoms with Crippen LogP contribution < -0.4 is 0 Å². The number of rotatable bonds is 2. The Morgan fingerprint density at radius 2 is 1.72 bits per heavy atom. The number of benzene rings is 1. The van der Waals surface area contributed by atoms with Gasteiger partial charge in [-0.25, -0.2) is 9.37 Å². The Bertz CT molecular complexity index is 608. The molecule has 1 heterocycles. The fourth-order valence-electron chi connectivity index (χ4n) is 1.42. The van der Waals surface area contributed by atoms with Crippen molar-refractivity contribution in [3.05, 3.63) is 50.8 Å². The zero-order valence-electron chi connectivity index (χ0n) is 8.75. The van der Waals surface area contributed by atoms with Gasteiger partial charge in [0.25, 0.3) is 0 Å². The number of aldehydes is 1. The molecule has 18 heavy (non-hydrogen) atoms. The number of carbonyl (C=O) groups excluding carboxylic acids is 1. The van der Waals surface area contributed by atoms with Gasteiger partial charge < -0.3 is 0 Å². The molecular weight excluding hydrogens is 299 g/mol. The van der Waals surface area contributed by atoms with Gasteiger partial charge in [-0.05, 0) is 24.3 Å². The third-order valence-electron chi connectivity index (χ3n) is 2.25. The van der Waals surface area contributed by atoms with Crippen molar-refractivity contribution in [2.45, 2.75) is 0 Å². The normalized spacial score (nSPS) is 10.4. The lowest BCUT2D eigenvalue weighted by Crippen LogP contribution is -1.94. The van der Waals surface area contributed by atoms with Crippen molar-refractivity contribution < 1.29 is 9.18 Å². The molecule has 0 N–H and O–H groups in total. The lowest BCUT2D eigenvalue weighted by atomic mass is 10.1. The molecule has 2 aromatic rings. The molecule has 0 aliphatic heterocycles. The molecule has 1 aromatic carbocycles. The molecule has 0 bridgehead atoms. The summed E-state index contributed by atoms with van der Waals surface area (Å²) in [6.07, 6.45) is 0.530. The average Bonchev–Trinajstić information content (AvgIpc) is 2.36. The van der Waals surface area contributed by atoms with Crippen molar-refractivity contribution in [1.29, 1.82) is 0 Å². The van der Waals surface area contributed by atoms with Gasteiger partial charge in [-0.15, -0.1) is 0 Å². The standard InChI is InChI=1S/C12H5Cl3FNO/c13-8-3-6(4-9(14)11(8)15)12-10(16)2-1-7(5-18)17-12/h1-5H. The van der Waals surface area contributed by atoms with Crippen molar-refractivity contribution in [2.24, 2.45) is 0 Å². The molecule has 0 saturated heterocycles. The van der Waals surface area contributed by atoms with Crippen LogP contribution in [-0.2, 0) is 0 Å². The topological polar surface area (TPSA) is 30.0 Å². The predicted molar refractivity (Wildman–Crippen MR) is 70.0 cm³/mol. The first-order valence-corrected chi connectivity index (χ1v) is 5.93. The van der Waals surface area contributed by atoms with Crippen molar-refractivity contribution in [2.75, 3.05) is 0 Å². The smallest absolute Gasteiger partial charge is 0.168 e. The zero-order chi connectivity index (χ0) is 13.3. The van der Waals surface area contributed by atoms with E-state index in [0.717, 1.165) is 6.07 Å². The van der Waals surface area contributed by atoms with Gasteiger partial charge in [0, 0.05) is 5.56 Å². The fourth-order valence-corrected chi connectivity index (χ4v) is 2.01. The van der Waals surface area contributed by atoms with E-state index in [4.69, 9.17) is 34.8 Å². The summed E-state index contributed by atoms with van der Waals surface area (Å²) in [4.78, 5) is 14.5. The quantitative estimate of drug-likeness (QED) is 0.596. The third kappa shape index (κ3) is 2.48. The van der Waals surface area contributed by atoms with Gasteiger partial charge in [0.1, 0.15) is 17.2 Å². The van der Waals surface area contributed by atoms with Crippen molar-refractivity contribution >= 4 is 41.1 Å². The number of pyridine rings is 1. The van der Waals surface area contributed by atoms with E-state index in [2.05, 4.69) is 4.98 Å². The molecule has 0 unspecified atom stereocenters. The van der Waals surface area contributed by atoms with Crippen LogP contribution in [0.25, 0.3) is 11.3 Å². The summed E-state index contributed by atoms with van der Waals surface area (Å²) >= 11 is 17.5. The van der Waals surface area contributed by atoms with Crippen LogP contribution in [0.1, 0.15) is 10.5 Å². The minimum Gasteiger partial charge on any atom is -0.296 e. The number of carbonyl (C=O) groups is 1. The Kier molecular flexibility index (Phi) is 3.85. The molecule has 0 amide bonds. The lowest BCUT2D eigenvalue weighted by molar-refractivity contribution is 0.111. The van der Waals surface area contributed by atoms with Gasteiger partial charge in [0.15, 0.2) is 6.29 Å². The zero-order valence-corrected chi connectivity index (χ0v) is 11.0. The Balaban J connectivity index is 2.65. The SMILES string of the molecule is O=Cc1ccc(F)c(-c2cc(Cl)c(Cl)c(Cl)c2)n1. The summed E-state index contributed by atoms with van der Waals surface area (Å²) in [7, 11) is 0. The largest absolute Gasteiger partial charge is 0.296 e. The summed E-state index contributed by atoms with van der Waals surface area (Å²) < 4.78 is 13.7. The maximum Gasteiger partial charge on any atom is 0.168 e. The van der Waals surface area contributed by atoms with E-state index in [1.165, 1.54) is 18.2 Å². The minimum absolute atomic E-state index is 0.0000617. The molecule has 0 spiro atoms. The highest BCUT2D eigenvalue weighted by Crippen LogP contribution is 2.35. The number of nitrogens with zero attached hydrogens (tertiary/aromatic N) is 1. The molecular formula is C12H5Cl3FNO. The van der Waals surface area contributed by atoms with Gasteiger partial charge in [-0.1, -0.05) is 34.8 Å². The van der Waals surface area contributed by atoms with Crippen LogP contribution in [0.4, 0.5) is 4.39 Å². The summed E-state index contributed by atoms with van der Waals surface area (Å²) in [6.45, 7) is 0. The predicted octanol–water partition coefficient (Wildman–Crippen LogP) is 4.66. The van der Waals surface area contributed by atoms with Crippen LogP contribution in [0.15, 0.2) is 24.3 Å². The maximum atomic E-state index is 13.7. The minimum atomic E-state index is -0.574. The van der Waals surface area contributed by atoms with Gasteiger partial charge >= 0.3 is 0 Å². The van der Waals surface area contributed by atoms with E-state index in [-0.39, 0.29) is 26.5 Å². The van der Waals surface area contributed by atoms with E-state index in [1.54, 1.807) is 0 Å². The van der Waals surface area contributed by atoms with Crippen LogP contribution in [0.5, 0.6) is 0 Å². The molecule has 0 fully saturated rings. The fraction of sp³-hybridized carbons (Fsp3) is 0. The second-order valence-corrected chi connectivity index (χ2v) is 4.63. The van der Waals surface area contributed by atoms with E-state index in [0.29, 0.717) is 11.8 Å². The third-order valence-corrected chi connectivity index (χ3v) is 3.44. The van der Waals surface area contributed by atoms with Gasteiger partial charge in [-0.3, -0.25) is 4.79 Å². The lowest BCUT2D eigenvalue weighted by Gasteiger charge is -2.06. The summed E-state index contributed by atoms with van der Waals surface area (Å²) in [5.41, 5.74) is 0.476. The molecule has 1 aromatic heterocycles. The van der Waals surface area contributed by atoms with Crippen LogP contribution in [0.3, 0.4) is 0 Å². The van der Waals surface area contributed by atoms with Crippen LogP contribution in [0.2, 0.25) is 15.1 Å². The van der Waals surface area contributed by atoms with E-state index in [9.17, 15) is 9.18 Å². The molecule has 0 aliphatic rings. The van der Waals surface area contributed by atoms with Gasteiger partial charge in [-0.2, -0.15) is 0 Å².